The maximum Gasteiger partial charge on any atom is 0.330 e. The van der Waals surface area contributed by atoms with E-state index in [1.165, 1.54) is 31.4 Å². The molecule has 0 radical (unpaired) electrons. The van der Waals surface area contributed by atoms with Crippen LogP contribution in [0.25, 0.3) is 28.4 Å². The Kier molecular flexibility index (Phi) is 3.87. The Labute approximate surface area is 136 Å². The van der Waals surface area contributed by atoms with Gasteiger partial charge < -0.3 is 24.5 Å². The number of hydrogen-bond donors (Lipinski definition) is 3. The summed E-state index contributed by atoms with van der Waals surface area (Å²) in [6.45, 7) is 0. The van der Waals surface area contributed by atoms with Crippen molar-refractivity contribution in [2.75, 3.05) is 7.11 Å². The van der Waals surface area contributed by atoms with Crippen molar-refractivity contribution >= 4 is 23.0 Å². The van der Waals surface area contributed by atoms with Gasteiger partial charge in [-0.3, -0.25) is 0 Å². The van der Waals surface area contributed by atoms with Crippen LogP contribution in [-0.4, -0.2) is 28.4 Å². The van der Waals surface area contributed by atoms with Gasteiger partial charge in [0.1, 0.15) is 5.76 Å². The number of phenols is 3. The van der Waals surface area contributed by atoms with Gasteiger partial charge in [0.25, 0.3) is 0 Å². The predicted octanol–water partition coefficient (Wildman–Crippen LogP) is 3.40. The van der Waals surface area contributed by atoms with Crippen molar-refractivity contribution in [3.05, 3.63) is 48.0 Å². The third kappa shape index (κ3) is 2.77. The molecular weight excluding hydrogens is 312 g/mol. The van der Waals surface area contributed by atoms with Crippen LogP contribution in [-0.2, 0) is 9.53 Å². The molecule has 0 aliphatic rings. The van der Waals surface area contributed by atoms with Gasteiger partial charge in [0.05, 0.1) is 7.11 Å². The van der Waals surface area contributed by atoms with E-state index in [-0.39, 0.29) is 22.8 Å². The van der Waals surface area contributed by atoms with Crippen molar-refractivity contribution in [1.29, 1.82) is 0 Å². The minimum atomic E-state index is -0.497. The molecule has 0 unspecified atom stereocenters. The van der Waals surface area contributed by atoms with Gasteiger partial charge in [-0.1, -0.05) is 6.07 Å². The molecule has 0 bridgehead atoms. The van der Waals surface area contributed by atoms with Crippen LogP contribution in [0.15, 0.2) is 46.9 Å². The zero-order valence-corrected chi connectivity index (χ0v) is 12.7. The molecule has 3 N–H and O–H groups in total. The summed E-state index contributed by atoms with van der Waals surface area (Å²) in [4.78, 5) is 11.3. The number of carbonyl (C=O) groups excluding carboxylic acids is 1. The number of aromatic hydroxyl groups is 3. The molecule has 0 atom stereocenters. The summed E-state index contributed by atoms with van der Waals surface area (Å²) < 4.78 is 10.2. The maximum absolute atomic E-state index is 11.3. The van der Waals surface area contributed by atoms with Crippen LogP contribution >= 0.6 is 0 Å². The number of furan rings is 1. The number of esters is 1. The summed E-state index contributed by atoms with van der Waals surface area (Å²) >= 11 is 0. The van der Waals surface area contributed by atoms with Crippen molar-refractivity contribution in [2.45, 2.75) is 0 Å². The molecule has 1 heterocycles. The van der Waals surface area contributed by atoms with Gasteiger partial charge in [-0.2, -0.15) is 0 Å². The van der Waals surface area contributed by atoms with Crippen LogP contribution in [0.5, 0.6) is 17.2 Å². The topological polar surface area (TPSA) is 100 Å². The SMILES string of the molecule is COC(=O)/C=C/c1ccc(O)c2oc(-c3ccc(O)c(O)c3)cc12. The summed E-state index contributed by atoms with van der Waals surface area (Å²) in [6, 6.07) is 9.06. The maximum atomic E-state index is 11.3. The molecular formula is C18H14O6. The van der Waals surface area contributed by atoms with Crippen LogP contribution in [0, 0.1) is 0 Å². The second-order valence-corrected chi connectivity index (χ2v) is 5.09. The van der Waals surface area contributed by atoms with Crippen LogP contribution in [0.4, 0.5) is 0 Å². The Balaban J connectivity index is 2.12. The van der Waals surface area contributed by atoms with Gasteiger partial charge in [0, 0.05) is 17.0 Å². The smallest absolute Gasteiger partial charge is 0.330 e. The quantitative estimate of drug-likeness (QED) is 0.387. The predicted molar refractivity (Wildman–Crippen MR) is 87.7 cm³/mol. The minimum absolute atomic E-state index is 0.0468. The Morgan fingerprint density at radius 3 is 2.50 bits per heavy atom. The third-order valence-electron chi connectivity index (χ3n) is 3.56. The number of phenolic OH excluding ortho intramolecular Hbond substituents is 3. The van der Waals surface area contributed by atoms with Gasteiger partial charge in [-0.25, -0.2) is 4.79 Å². The molecule has 0 saturated carbocycles. The fourth-order valence-electron chi connectivity index (χ4n) is 2.32. The molecule has 0 aliphatic heterocycles. The lowest BCUT2D eigenvalue weighted by Crippen LogP contribution is -1.93. The number of fused-ring (bicyclic) bond motifs is 1. The highest BCUT2D eigenvalue weighted by Gasteiger charge is 2.13. The minimum Gasteiger partial charge on any atom is -0.504 e. The summed E-state index contributed by atoms with van der Waals surface area (Å²) in [5.74, 6) is -0.658. The highest BCUT2D eigenvalue weighted by molar-refractivity contribution is 5.97. The molecule has 24 heavy (non-hydrogen) atoms. The van der Waals surface area contributed by atoms with E-state index in [1.54, 1.807) is 24.3 Å². The van der Waals surface area contributed by atoms with Crippen molar-refractivity contribution in [2.24, 2.45) is 0 Å². The van der Waals surface area contributed by atoms with Crippen molar-refractivity contribution in [1.82, 2.24) is 0 Å². The fraction of sp³-hybridized carbons (Fsp3) is 0.0556. The van der Waals surface area contributed by atoms with Crippen LogP contribution < -0.4 is 0 Å². The molecule has 122 valence electrons. The standard InChI is InChI=1S/C18H14O6/c1-23-17(22)7-4-10-2-6-14(20)18-12(10)9-16(24-18)11-3-5-13(19)15(21)8-11/h2-9,19-21H,1H3/b7-4+. The first-order valence-corrected chi connectivity index (χ1v) is 7.03. The van der Waals surface area contributed by atoms with Crippen molar-refractivity contribution < 1.29 is 29.3 Å². The lowest BCUT2D eigenvalue weighted by atomic mass is 10.1. The fourth-order valence-corrected chi connectivity index (χ4v) is 2.32. The molecule has 0 spiro atoms. The molecule has 2 aromatic carbocycles. The summed E-state index contributed by atoms with van der Waals surface area (Å²) in [6.07, 6.45) is 2.83. The van der Waals surface area contributed by atoms with Crippen LogP contribution in [0.1, 0.15) is 5.56 Å². The monoisotopic (exact) mass is 326 g/mol. The van der Waals surface area contributed by atoms with E-state index in [1.807, 2.05) is 0 Å². The Bertz CT molecular complexity index is 952. The average molecular weight is 326 g/mol. The Morgan fingerprint density at radius 2 is 1.79 bits per heavy atom. The molecule has 6 nitrogen and oxygen atoms in total. The second-order valence-electron chi connectivity index (χ2n) is 5.09. The Hall–Kier alpha value is -3.41. The number of hydrogen-bond acceptors (Lipinski definition) is 6. The summed E-state index contributed by atoms with van der Waals surface area (Å²) in [5, 5.41) is 29.6. The van der Waals surface area contributed by atoms with Gasteiger partial charge in [0.15, 0.2) is 22.8 Å². The lowest BCUT2D eigenvalue weighted by molar-refractivity contribution is -0.134. The van der Waals surface area contributed by atoms with Crippen molar-refractivity contribution in [3.63, 3.8) is 0 Å². The molecule has 3 rings (SSSR count). The average Bonchev–Trinajstić information content (AvgIpc) is 3.02. The van der Waals surface area contributed by atoms with Gasteiger partial charge >= 0.3 is 5.97 Å². The first-order valence-electron chi connectivity index (χ1n) is 7.03. The van der Waals surface area contributed by atoms with E-state index in [9.17, 15) is 20.1 Å². The van der Waals surface area contributed by atoms with Crippen LogP contribution in [0.2, 0.25) is 0 Å². The van der Waals surface area contributed by atoms with E-state index in [2.05, 4.69) is 4.74 Å². The zero-order chi connectivity index (χ0) is 17.3. The van der Waals surface area contributed by atoms with E-state index >= 15 is 0 Å². The number of methoxy groups -OCH3 is 1. The number of carbonyl (C=O) groups is 1. The first-order chi connectivity index (χ1) is 11.5. The number of benzene rings is 2. The van der Waals surface area contributed by atoms with Gasteiger partial charge in [-0.15, -0.1) is 0 Å². The van der Waals surface area contributed by atoms with Crippen molar-refractivity contribution in [3.8, 4) is 28.6 Å². The number of rotatable bonds is 3. The van der Waals surface area contributed by atoms with Gasteiger partial charge in [-0.05, 0) is 42.0 Å². The molecule has 0 fully saturated rings. The molecule has 1 aromatic heterocycles. The molecule has 0 saturated heterocycles. The van der Waals surface area contributed by atoms with E-state index in [4.69, 9.17) is 4.42 Å². The largest absolute Gasteiger partial charge is 0.504 e. The molecule has 3 aromatic rings. The molecule has 0 amide bonds. The number of ether oxygens (including phenoxy) is 1. The first kappa shape index (κ1) is 15.5. The molecule has 6 heteroatoms. The third-order valence-corrected chi connectivity index (χ3v) is 3.56. The zero-order valence-electron chi connectivity index (χ0n) is 12.7. The highest BCUT2D eigenvalue weighted by Crippen LogP contribution is 2.37. The van der Waals surface area contributed by atoms with Gasteiger partial charge in [0.2, 0.25) is 0 Å². The molecule has 0 aliphatic carbocycles. The van der Waals surface area contributed by atoms with Crippen LogP contribution in [0.3, 0.4) is 0 Å². The summed E-state index contributed by atoms with van der Waals surface area (Å²) in [7, 11) is 1.28. The second kappa shape index (κ2) is 6.00. The Morgan fingerprint density at radius 1 is 1.04 bits per heavy atom. The summed E-state index contributed by atoms with van der Waals surface area (Å²) in [5.41, 5.74) is 1.44. The van der Waals surface area contributed by atoms with E-state index < -0.39 is 5.97 Å². The van der Waals surface area contributed by atoms with E-state index in [0.717, 1.165) is 0 Å². The lowest BCUT2D eigenvalue weighted by Gasteiger charge is -2.00. The normalized spacial score (nSPS) is 11.2. The highest BCUT2D eigenvalue weighted by atomic mass is 16.5. The van der Waals surface area contributed by atoms with E-state index in [0.29, 0.717) is 22.3 Å².